The average Bonchev–Trinajstić information content (AvgIpc) is 2.35. The molecule has 0 saturated heterocycles. The summed E-state index contributed by atoms with van der Waals surface area (Å²) in [5.74, 6) is -2.15. The molecule has 8 heteroatoms. The maximum atomic E-state index is 12.0. The molecule has 1 rings (SSSR count). The van der Waals surface area contributed by atoms with E-state index in [1.165, 1.54) is 19.2 Å². The highest BCUT2D eigenvalue weighted by atomic mass is 16.6. The van der Waals surface area contributed by atoms with Gasteiger partial charge in [0.2, 0.25) is 0 Å². The van der Waals surface area contributed by atoms with E-state index in [1.54, 1.807) is 0 Å². The van der Waals surface area contributed by atoms with Crippen LogP contribution in [-0.2, 0) is 4.79 Å². The molecule has 1 aromatic carbocycles. The predicted molar refractivity (Wildman–Crippen MR) is 63.1 cm³/mol. The number of carboxylic acids is 1. The van der Waals surface area contributed by atoms with E-state index in [0.717, 1.165) is 11.0 Å². The highest BCUT2D eigenvalue weighted by molar-refractivity contribution is 6.05. The van der Waals surface area contributed by atoms with Gasteiger partial charge in [0.05, 0.1) is 4.92 Å². The van der Waals surface area contributed by atoms with Crippen molar-refractivity contribution < 1.29 is 24.4 Å². The first-order valence-corrected chi connectivity index (χ1v) is 5.08. The smallest absolute Gasteiger partial charge is 0.323 e. The Labute approximate surface area is 107 Å². The van der Waals surface area contributed by atoms with Crippen molar-refractivity contribution in [2.75, 3.05) is 13.6 Å². The molecule has 1 aromatic rings. The number of amides is 1. The molecule has 0 aliphatic carbocycles. The molecule has 0 atom stereocenters. The second-order valence-corrected chi connectivity index (χ2v) is 3.67. The summed E-state index contributed by atoms with van der Waals surface area (Å²) < 4.78 is 0. The predicted octanol–water partition coefficient (Wildman–Crippen LogP) is 0.564. The Morgan fingerprint density at radius 2 is 2.11 bits per heavy atom. The number of carbonyl (C=O) groups is 3. The van der Waals surface area contributed by atoms with Crippen molar-refractivity contribution >= 4 is 23.9 Å². The van der Waals surface area contributed by atoms with E-state index in [4.69, 9.17) is 5.11 Å². The second kappa shape index (κ2) is 5.71. The number of carbonyl (C=O) groups excluding carboxylic acids is 2. The third-order valence-corrected chi connectivity index (χ3v) is 2.33. The van der Waals surface area contributed by atoms with Crippen LogP contribution in [0.25, 0.3) is 0 Å². The van der Waals surface area contributed by atoms with Gasteiger partial charge in [-0.2, -0.15) is 0 Å². The number of hydrogen-bond donors (Lipinski definition) is 1. The summed E-state index contributed by atoms with van der Waals surface area (Å²) >= 11 is 0. The fourth-order valence-corrected chi connectivity index (χ4v) is 1.51. The van der Waals surface area contributed by atoms with Gasteiger partial charge in [0, 0.05) is 18.7 Å². The largest absolute Gasteiger partial charge is 0.480 e. The van der Waals surface area contributed by atoms with Crippen LogP contribution < -0.4 is 0 Å². The fraction of sp³-hybridized carbons (Fsp3) is 0.182. The van der Waals surface area contributed by atoms with Gasteiger partial charge in [-0.1, -0.05) is 12.1 Å². The molecular formula is C11H10N2O6. The summed E-state index contributed by atoms with van der Waals surface area (Å²) in [7, 11) is 1.18. The first kappa shape index (κ1) is 14.3. The zero-order valence-corrected chi connectivity index (χ0v) is 9.90. The van der Waals surface area contributed by atoms with Gasteiger partial charge in [-0.25, -0.2) is 0 Å². The molecule has 0 bridgehead atoms. The molecule has 100 valence electrons. The van der Waals surface area contributed by atoms with E-state index in [1.807, 2.05) is 0 Å². The van der Waals surface area contributed by atoms with Crippen LogP contribution >= 0.6 is 0 Å². The number of aldehydes is 1. The number of likely N-dealkylation sites (N-methyl/N-ethyl adjacent to an activating group) is 1. The van der Waals surface area contributed by atoms with E-state index >= 15 is 0 Å². The van der Waals surface area contributed by atoms with Gasteiger partial charge >= 0.3 is 5.97 Å². The van der Waals surface area contributed by atoms with Crippen LogP contribution in [0.2, 0.25) is 0 Å². The lowest BCUT2D eigenvalue weighted by atomic mass is 10.1. The summed E-state index contributed by atoms with van der Waals surface area (Å²) in [6, 6.07) is 3.60. The molecule has 0 aliphatic heterocycles. The SMILES string of the molecule is CN(CC(=O)O)C(=O)c1c(C=O)cccc1[N+](=O)[O-]. The normalized spacial score (nSPS) is 9.74. The lowest BCUT2D eigenvalue weighted by Gasteiger charge is -2.15. The minimum absolute atomic E-state index is 0.156. The van der Waals surface area contributed by atoms with Crippen LogP contribution in [0.5, 0.6) is 0 Å². The van der Waals surface area contributed by atoms with Gasteiger partial charge < -0.3 is 10.0 Å². The first-order chi connectivity index (χ1) is 8.88. The number of nitrogens with zero attached hydrogens (tertiary/aromatic N) is 2. The van der Waals surface area contributed by atoms with Crippen LogP contribution in [0.4, 0.5) is 5.69 Å². The highest BCUT2D eigenvalue weighted by Gasteiger charge is 2.26. The zero-order valence-electron chi connectivity index (χ0n) is 9.90. The molecule has 1 N–H and O–H groups in total. The molecule has 0 aromatic heterocycles. The molecule has 0 spiro atoms. The van der Waals surface area contributed by atoms with Crippen LogP contribution in [0.1, 0.15) is 20.7 Å². The van der Waals surface area contributed by atoms with Gasteiger partial charge in [0.25, 0.3) is 11.6 Å². The van der Waals surface area contributed by atoms with Crippen LogP contribution in [0, 0.1) is 10.1 Å². The molecular weight excluding hydrogens is 256 g/mol. The lowest BCUT2D eigenvalue weighted by Crippen LogP contribution is -2.33. The second-order valence-electron chi connectivity index (χ2n) is 3.67. The third kappa shape index (κ3) is 3.12. The van der Waals surface area contributed by atoms with Crippen molar-refractivity contribution in [3.63, 3.8) is 0 Å². The van der Waals surface area contributed by atoms with Crippen molar-refractivity contribution in [3.8, 4) is 0 Å². The zero-order chi connectivity index (χ0) is 14.6. The lowest BCUT2D eigenvalue weighted by molar-refractivity contribution is -0.385. The van der Waals surface area contributed by atoms with Crippen molar-refractivity contribution in [2.45, 2.75) is 0 Å². The van der Waals surface area contributed by atoms with Gasteiger partial charge in [0.1, 0.15) is 12.1 Å². The maximum absolute atomic E-state index is 12.0. The van der Waals surface area contributed by atoms with Gasteiger partial charge in [-0.05, 0) is 0 Å². The Balaban J connectivity index is 3.31. The van der Waals surface area contributed by atoms with Crippen molar-refractivity contribution in [2.24, 2.45) is 0 Å². The first-order valence-electron chi connectivity index (χ1n) is 5.08. The molecule has 8 nitrogen and oxygen atoms in total. The van der Waals surface area contributed by atoms with Crippen LogP contribution in [0.3, 0.4) is 0 Å². The third-order valence-electron chi connectivity index (χ3n) is 2.33. The van der Waals surface area contributed by atoms with Crippen LogP contribution in [-0.4, -0.2) is 46.7 Å². The van der Waals surface area contributed by atoms with Gasteiger partial charge in [0.15, 0.2) is 6.29 Å². The van der Waals surface area contributed by atoms with E-state index in [0.29, 0.717) is 6.29 Å². The number of hydrogen-bond acceptors (Lipinski definition) is 5. The highest BCUT2D eigenvalue weighted by Crippen LogP contribution is 2.22. The van der Waals surface area contributed by atoms with E-state index < -0.39 is 34.6 Å². The number of rotatable bonds is 5. The molecule has 0 heterocycles. The van der Waals surface area contributed by atoms with E-state index in [9.17, 15) is 24.5 Å². The monoisotopic (exact) mass is 266 g/mol. The molecule has 0 saturated carbocycles. The number of carboxylic acid groups (broad SMARTS) is 1. The number of nitro groups is 1. The van der Waals surface area contributed by atoms with E-state index in [-0.39, 0.29) is 5.56 Å². The summed E-state index contributed by atoms with van der Waals surface area (Å²) in [6.07, 6.45) is 0.314. The average molecular weight is 266 g/mol. The number of aliphatic carboxylic acids is 1. The summed E-state index contributed by atoms with van der Waals surface area (Å²) in [4.78, 5) is 44.2. The van der Waals surface area contributed by atoms with Gasteiger partial charge in [-0.3, -0.25) is 24.5 Å². The maximum Gasteiger partial charge on any atom is 0.323 e. The standard InChI is InChI=1S/C11H10N2O6/c1-12(5-9(15)16)11(17)10-7(6-14)3-2-4-8(10)13(18)19/h2-4,6H,5H2,1H3,(H,15,16). The van der Waals surface area contributed by atoms with Crippen molar-refractivity contribution in [1.82, 2.24) is 4.90 Å². The van der Waals surface area contributed by atoms with Gasteiger partial charge in [-0.15, -0.1) is 0 Å². The van der Waals surface area contributed by atoms with Crippen molar-refractivity contribution in [1.29, 1.82) is 0 Å². The quantitative estimate of drug-likeness (QED) is 0.472. The minimum atomic E-state index is -1.26. The molecule has 0 aliphatic rings. The Bertz CT molecular complexity index is 554. The number of nitro benzene ring substituents is 1. The Morgan fingerprint density at radius 1 is 1.47 bits per heavy atom. The fourth-order valence-electron chi connectivity index (χ4n) is 1.51. The molecule has 0 unspecified atom stereocenters. The molecule has 0 radical (unpaired) electrons. The summed E-state index contributed by atoms with van der Waals surface area (Å²) in [5.41, 5.74) is -1.10. The Morgan fingerprint density at radius 3 is 2.58 bits per heavy atom. The number of benzene rings is 1. The molecule has 19 heavy (non-hydrogen) atoms. The Hall–Kier alpha value is -2.77. The topological polar surface area (TPSA) is 118 Å². The van der Waals surface area contributed by atoms with E-state index in [2.05, 4.69) is 0 Å². The Kier molecular flexibility index (Phi) is 4.30. The summed E-state index contributed by atoms with van der Waals surface area (Å²) in [6.45, 7) is -0.622. The van der Waals surface area contributed by atoms with Crippen LogP contribution in [0.15, 0.2) is 18.2 Å². The summed E-state index contributed by atoms with van der Waals surface area (Å²) in [5, 5.41) is 19.4. The minimum Gasteiger partial charge on any atom is -0.480 e. The molecule has 1 amide bonds. The van der Waals surface area contributed by atoms with Crippen molar-refractivity contribution in [3.05, 3.63) is 39.4 Å². The molecule has 0 fully saturated rings.